The highest BCUT2D eigenvalue weighted by atomic mass is 16.5. The van der Waals surface area contributed by atoms with Crippen molar-refractivity contribution in [3.8, 4) is 0 Å². The molecule has 1 aromatic carbocycles. The van der Waals surface area contributed by atoms with Crippen LogP contribution in [0, 0.1) is 11.8 Å². The van der Waals surface area contributed by atoms with Crippen molar-refractivity contribution in [3.63, 3.8) is 0 Å². The van der Waals surface area contributed by atoms with Crippen molar-refractivity contribution >= 4 is 11.8 Å². The number of benzene rings is 1. The van der Waals surface area contributed by atoms with Gasteiger partial charge in [0.1, 0.15) is 0 Å². The molecule has 5 heteroatoms. The second kappa shape index (κ2) is 12.8. The third kappa shape index (κ3) is 7.77. The Morgan fingerprint density at radius 2 is 1.91 bits per heavy atom. The van der Waals surface area contributed by atoms with Gasteiger partial charge in [0.05, 0.1) is 18.6 Å². The van der Waals surface area contributed by atoms with Gasteiger partial charge in [-0.05, 0) is 44.1 Å². The fourth-order valence-electron chi connectivity index (χ4n) is 4.44. The fraction of sp³-hybridized carbons (Fsp3) is 0.630. The van der Waals surface area contributed by atoms with Crippen LogP contribution in [0.15, 0.2) is 42.5 Å². The van der Waals surface area contributed by atoms with Gasteiger partial charge in [0, 0.05) is 25.6 Å². The number of methoxy groups -OCH3 is 1. The summed E-state index contributed by atoms with van der Waals surface area (Å²) in [5.41, 5.74) is 2.25. The van der Waals surface area contributed by atoms with Crippen molar-refractivity contribution in [2.45, 2.75) is 84.4 Å². The van der Waals surface area contributed by atoms with E-state index in [4.69, 9.17) is 4.74 Å². The highest BCUT2D eigenvalue weighted by molar-refractivity contribution is 5.80. The molecule has 1 fully saturated rings. The second-order valence-electron chi connectivity index (χ2n) is 9.56. The Bertz CT molecular complexity index is 749. The zero-order chi connectivity index (χ0) is 23.7. The molecular weight excluding hydrogens is 400 g/mol. The number of amides is 2. The molecule has 1 aliphatic rings. The number of likely N-dealkylation sites (tertiary alicyclic amines) is 1. The van der Waals surface area contributed by atoms with Gasteiger partial charge in [-0.15, -0.1) is 0 Å². The van der Waals surface area contributed by atoms with E-state index in [1.807, 2.05) is 36.9 Å². The molecule has 1 aromatic rings. The summed E-state index contributed by atoms with van der Waals surface area (Å²) in [6.07, 6.45) is 4.50. The van der Waals surface area contributed by atoms with Crippen LogP contribution in [0.2, 0.25) is 0 Å². The van der Waals surface area contributed by atoms with Crippen LogP contribution in [0.5, 0.6) is 0 Å². The number of ether oxygens (including phenoxy) is 1. The Balaban J connectivity index is 1.91. The van der Waals surface area contributed by atoms with Crippen LogP contribution in [-0.4, -0.2) is 48.6 Å². The van der Waals surface area contributed by atoms with Crippen molar-refractivity contribution in [1.29, 1.82) is 0 Å². The largest absolute Gasteiger partial charge is 0.381 e. The summed E-state index contributed by atoms with van der Waals surface area (Å²) in [5, 5.41) is 3.14. The molecule has 0 saturated carbocycles. The number of hydrogen-bond acceptors (Lipinski definition) is 3. The second-order valence-corrected chi connectivity index (χ2v) is 9.56. The predicted molar refractivity (Wildman–Crippen MR) is 130 cm³/mol. The summed E-state index contributed by atoms with van der Waals surface area (Å²) in [4.78, 5) is 27.8. The molecule has 1 saturated heterocycles. The number of hydrogen-bond donors (Lipinski definition) is 1. The Hall–Kier alpha value is -2.14. The van der Waals surface area contributed by atoms with Gasteiger partial charge in [0.15, 0.2) is 0 Å². The van der Waals surface area contributed by atoms with E-state index < -0.39 is 0 Å². The summed E-state index contributed by atoms with van der Waals surface area (Å²) in [7, 11) is 1.68. The van der Waals surface area contributed by atoms with Crippen LogP contribution < -0.4 is 5.32 Å². The number of carbonyl (C=O) groups excluding carboxylic acids is 2. The minimum absolute atomic E-state index is 0.0343. The van der Waals surface area contributed by atoms with Crippen LogP contribution in [-0.2, 0) is 20.7 Å². The highest BCUT2D eigenvalue weighted by Gasteiger charge is 2.35. The normalized spacial score (nSPS) is 20.0. The molecule has 1 N–H and O–H groups in total. The molecule has 1 aliphatic heterocycles. The predicted octanol–water partition coefficient (Wildman–Crippen LogP) is 4.76. The average Bonchev–Trinajstić information content (AvgIpc) is 3.13. The topological polar surface area (TPSA) is 58.6 Å². The first-order chi connectivity index (χ1) is 15.2. The zero-order valence-corrected chi connectivity index (χ0v) is 20.6. The van der Waals surface area contributed by atoms with Gasteiger partial charge in [-0.25, -0.2) is 0 Å². The van der Waals surface area contributed by atoms with E-state index >= 15 is 0 Å². The molecule has 5 atom stereocenters. The van der Waals surface area contributed by atoms with Crippen molar-refractivity contribution in [2.75, 3.05) is 13.7 Å². The Labute approximate surface area is 194 Å². The minimum atomic E-state index is -0.193. The molecule has 2 rings (SSSR count). The van der Waals surface area contributed by atoms with Crippen LogP contribution in [0.4, 0.5) is 0 Å². The van der Waals surface area contributed by atoms with Crippen molar-refractivity contribution in [1.82, 2.24) is 10.2 Å². The van der Waals surface area contributed by atoms with Crippen molar-refractivity contribution in [3.05, 3.63) is 48.0 Å². The van der Waals surface area contributed by atoms with Gasteiger partial charge >= 0.3 is 0 Å². The first kappa shape index (κ1) is 26.1. The van der Waals surface area contributed by atoms with E-state index in [0.29, 0.717) is 25.3 Å². The molecule has 0 aromatic heterocycles. The van der Waals surface area contributed by atoms with Crippen molar-refractivity contribution < 1.29 is 14.3 Å². The standard InChI is InChI=1S/C27H42N2O3/c1-7-19(2)15-24(32-6)18-26(30)29-14-13-20(3)25(29)16-21(4)27(31)28-22(5)17-23-11-9-8-10-12-23/h8-12,19,21-22,24-25H,3,7,13-18H2,1-2,4-6H3,(H,28,31)/t19-,21+,22+,24-,25+/m0/s1. The quantitative estimate of drug-likeness (QED) is 0.475. The van der Waals surface area contributed by atoms with Gasteiger partial charge in [0.25, 0.3) is 0 Å². The lowest BCUT2D eigenvalue weighted by atomic mass is 9.95. The maximum absolute atomic E-state index is 13.1. The first-order valence-corrected chi connectivity index (χ1v) is 12.1. The van der Waals surface area contributed by atoms with Crippen molar-refractivity contribution in [2.24, 2.45) is 11.8 Å². The van der Waals surface area contributed by atoms with Crippen LogP contribution >= 0.6 is 0 Å². The molecular formula is C27H42N2O3. The number of rotatable bonds is 12. The minimum Gasteiger partial charge on any atom is -0.381 e. The first-order valence-electron chi connectivity index (χ1n) is 12.1. The molecule has 0 radical (unpaired) electrons. The van der Waals surface area contributed by atoms with Gasteiger partial charge in [-0.2, -0.15) is 0 Å². The lowest BCUT2D eigenvalue weighted by Gasteiger charge is -2.29. The monoisotopic (exact) mass is 442 g/mol. The summed E-state index contributed by atoms with van der Waals surface area (Å²) in [6, 6.07) is 10.2. The Morgan fingerprint density at radius 1 is 1.22 bits per heavy atom. The average molecular weight is 443 g/mol. The van der Waals surface area contributed by atoms with Gasteiger partial charge in [-0.1, -0.05) is 69.7 Å². The fourth-order valence-corrected chi connectivity index (χ4v) is 4.44. The third-order valence-electron chi connectivity index (χ3n) is 6.74. The smallest absolute Gasteiger partial charge is 0.225 e. The number of carbonyl (C=O) groups is 2. The molecule has 0 bridgehead atoms. The zero-order valence-electron chi connectivity index (χ0n) is 20.6. The molecule has 178 valence electrons. The molecule has 5 nitrogen and oxygen atoms in total. The lowest BCUT2D eigenvalue weighted by molar-refractivity contribution is -0.135. The maximum atomic E-state index is 13.1. The summed E-state index contributed by atoms with van der Waals surface area (Å²) < 4.78 is 5.59. The number of nitrogens with one attached hydrogen (secondary N) is 1. The number of nitrogens with zero attached hydrogens (tertiary/aromatic N) is 1. The Morgan fingerprint density at radius 3 is 2.53 bits per heavy atom. The van der Waals surface area contributed by atoms with Crippen LogP contribution in [0.3, 0.4) is 0 Å². The molecule has 0 unspecified atom stereocenters. The van der Waals surface area contributed by atoms with E-state index in [2.05, 4.69) is 37.9 Å². The molecule has 1 heterocycles. The molecule has 2 amide bonds. The van der Waals surface area contributed by atoms with E-state index in [-0.39, 0.29) is 35.9 Å². The van der Waals surface area contributed by atoms with E-state index in [0.717, 1.165) is 31.3 Å². The summed E-state index contributed by atoms with van der Waals surface area (Å²) in [6.45, 7) is 13.2. The van der Waals surface area contributed by atoms with E-state index in [9.17, 15) is 9.59 Å². The third-order valence-corrected chi connectivity index (χ3v) is 6.74. The highest BCUT2D eigenvalue weighted by Crippen LogP contribution is 2.29. The van der Waals surface area contributed by atoms with E-state index in [1.165, 1.54) is 5.56 Å². The van der Waals surface area contributed by atoms with Crippen LogP contribution in [0.1, 0.15) is 65.4 Å². The molecule has 0 aliphatic carbocycles. The summed E-state index contributed by atoms with van der Waals surface area (Å²) >= 11 is 0. The van der Waals surface area contributed by atoms with E-state index in [1.54, 1.807) is 7.11 Å². The SMILES string of the molecule is C=C1CCN(C(=O)C[C@H](C[C@@H](C)CC)OC)[C@@H]1C[C@@H](C)C(=O)N[C@H](C)Cc1ccccc1. The van der Waals surface area contributed by atoms with Gasteiger partial charge < -0.3 is 15.0 Å². The van der Waals surface area contributed by atoms with Gasteiger partial charge in [-0.3, -0.25) is 9.59 Å². The molecule has 0 spiro atoms. The van der Waals surface area contributed by atoms with Crippen LogP contribution in [0.25, 0.3) is 0 Å². The lowest BCUT2D eigenvalue weighted by Crippen LogP contribution is -2.42. The van der Waals surface area contributed by atoms with Gasteiger partial charge in [0.2, 0.25) is 11.8 Å². The maximum Gasteiger partial charge on any atom is 0.225 e. The molecule has 32 heavy (non-hydrogen) atoms. The summed E-state index contributed by atoms with van der Waals surface area (Å²) in [5.74, 6) is 0.473. The Kier molecular flexibility index (Phi) is 10.4.